The second-order valence-electron chi connectivity index (χ2n) is 4.16. The summed E-state index contributed by atoms with van der Waals surface area (Å²) in [5.41, 5.74) is -0.106. The quantitative estimate of drug-likeness (QED) is 0.754. The SMILES string of the molecule is Cc1[nH]ncc1S(=O)(=O)NOC(C)(C)C. The van der Waals surface area contributed by atoms with E-state index in [-0.39, 0.29) is 4.90 Å². The van der Waals surface area contributed by atoms with E-state index in [0.29, 0.717) is 5.69 Å². The first-order chi connectivity index (χ1) is 6.72. The van der Waals surface area contributed by atoms with Gasteiger partial charge in [0.1, 0.15) is 4.90 Å². The molecule has 15 heavy (non-hydrogen) atoms. The number of sulfonamides is 1. The highest BCUT2D eigenvalue weighted by atomic mass is 32.2. The third-order valence-electron chi connectivity index (χ3n) is 1.53. The van der Waals surface area contributed by atoms with Crippen molar-refractivity contribution < 1.29 is 13.3 Å². The molecule has 0 unspecified atom stereocenters. The smallest absolute Gasteiger partial charge is 0.265 e. The van der Waals surface area contributed by atoms with Crippen molar-refractivity contribution in [2.24, 2.45) is 0 Å². The normalized spacial score (nSPS) is 13.1. The fraction of sp³-hybridized carbons (Fsp3) is 0.625. The molecule has 1 heterocycles. The second-order valence-corrected chi connectivity index (χ2v) is 5.77. The Morgan fingerprint density at radius 1 is 1.47 bits per heavy atom. The maximum Gasteiger partial charge on any atom is 0.265 e. The summed E-state index contributed by atoms with van der Waals surface area (Å²) in [6.45, 7) is 6.87. The van der Waals surface area contributed by atoms with Crippen LogP contribution < -0.4 is 4.89 Å². The highest BCUT2D eigenvalue weighted by molar-refractivity contribution is 7.89. The highest BCUT2D eigenvalue weighted by Crippen LogP contribution is 2.12. The minimum absolute atomic E-state index is 0.0896. The van der Waals surface area contributed by atoms with E-state index >= 15 is 0 Å². The third-order valence-corrected chi connectivity index (χ3v) is 2.82. The molecule has 0 spiro atoms. The summed E-state index contributed by atoms with van der Waals surface area (Å²) >= 11 is 0. The lowest BCUT2D eigenvalue weighted by Crippen LogP contribution is -2.33. The summed E-state index contributed by atoms with van der Waals surface area (Å²) < 4.78 is 23.3. The van der Waals surface area contributed by atoms with Crippen LogP contribution in [0.4, 0.5) is 0 Å². The molecule has 0 aromatic carbocycles. The van der Waals surface area contributed by atoms with Gasteiger partial charge in [-0.05, 0) is 27.7 Å². The van der Waals surface area contributed by atoms with Crippen molar-refractivity contribution in [2.45, 2.75) is 38.2 Å². The maximum absolute atomic E-state index is 11.7. The lowest BCUT2D eigenvalue weighted by atomic mass is 10.2. The van der Waals surface area contributed by atoms with E-state index in [9.17, 15) is 8.42 Å². The first-order valence-corrected chi connectivity index (χ1v) is 5.90. The Kier molecular flexibility index (Phi) is 3.17. The van der Waals surface area contributed by atoms with Crippen LogP contribution >= 0.6 is 0 Å². The van der Waals surface area contributed by atoms with Crippen molar-refractivity contribution in [2.75, 3.05) is 0 Å². The van der Waals surface area contributed by atoms with E-state index in [1.54, 1.807) is 27.7 Å². The fourth-order valence-corrected chi connectivity index (χ4v) is 1.93. The van der Waals surface area contributed by atoms with E-state index in [4.69, 9.17) is 4.84 Å². The van der Waals surface area contributed by atoms with Crippen LogP contribution in [-0.4, -0.2) is 24.2 Å². The van der Waals surface area contributed by atoms with Gasteiger partial charge in [0.15, 0.2) is 0 Å². The molecule has 1 aromatic rings. The minimum Gasteiger partial charge on any atom is -0.281 e. The van der Waals surface area contributed by atoms with Gasteiger partial charge in [0.25, 0.3) is 10.0 Å². The van der Waals surface area contributed by atoms with Gasteiger partial charge >= 0.3 is 0 Å². The van der Waals surface area contributed by atoms with Gasteiger partial charge in [-0.25, -0.2) is 8.42 Å². The summed E-state index contributed by atoms with van der Waals surface area (Å²) in [5.74, 6) is 0. The molecule has 0 aliphatic carbocycles. The molecule has 1 aromatic heterocycles. The predicted octanol–water partition coefficient (Wildman–Crippen LogP) is 0.727. The average molecular weight is 233 g/mol. The van der Waals surface area contributed by atoms with E-state index in [2.05, 4.69) is 15.1 Å². The monoisotopic (exact) mass is 233 g/mol. The first kappa shape index (κ1) is 12.2. The van der Waals surface area contributed by atoms with Crippen LogP contribution in [0.5, 0.6) is 0 Å². The standard InChI is InChI=1S/C8H15N3O3S/c1-6-7(5-9-10-6)15(12,13)11-14-8(2,3)4/h5,11H,1-4H3,(H,9,10). The van der Waals surface area contributed by atoms with Crippen LogP contribution in [0.3, 0.4) is 0 Å². The molecule has 7 heteroatoms. The third kappa shape index (κ3) is 3.29. The Bertz CT molecular complexity index is 430. The van der Waals surface area contributed by atoms with Crippen LogP contribution in [0, 0.1) is 6.92 Å². The molecular weight excluding hydrogens is 218 g/mol. The molecule has 0 amide bonds. The van der Waals surface area contributed by atoms with E-state index in [1.807, 2.05) is 0 Å². The van der Waals surface area contributed by atoms with Gasteiger partial charge in [0.2, 0.25) is 0 Å². The number of hydrogen-bond acceptors (Lipinski definition) is 4. The molecule has 0 aliphatic heterocycles. The molecule has 0 saturated carbocycles. The summed E-state index contributed by atoms with van der Waals surface area (Å²) in [6.07, 6.45) is 1.24. The number of H-pyrrole nitrogens is 1. The van der Waals surface area contributed by atoms with Gasteiger partial charge in [0.05, 0.1) is 17.5 Å². The zero-order chi connectivity index (χ0) is 11.7. The maximum atomic E-state index is 11.7. The summed E-state index contributed by atoms with van der Waals surface area (Å²) in [7, 11) is -3.65. The summed E-state index contributed by atoms with van der Waals surface area (Å²) in [5, 5.41) is 6.18. The summed E-state index contributed by atoms with van der Waals surface area (Å²) in [4.78, 5) is 7.14. The Morgan fingerprint density at radius 2 is 2.07 bits per heavy atom. The molecule has 0 saturated heterocycles. The van der Waals surface area contributed by atoms with Crippen molar-refractivity contribution in [3.8, 4) is 0 Å². The van der Waals surface area contributed by atoms with Gasteiger partial charge in [-0.15, -0.1) is 0 Å². The molecule has 2 N–H and O–H groups in total. The average Bonchev–Trinajstić information content (AvgIpc) is 2.47. The number of rotatable bonds is 3. The molecule has 6 nitrogen and oxygen atoms in total. The number of nitrogens with zero attached hydrogens (tertiary/aromatic N) is 1. The second kappa shape index (κ2) is 3.92. The van der Waals surface area contributed by atoms with Crippen molar-refractivity contribution in [1.29, 1.82) is 0 Å². The number of aryl methyl sites for hydroxylation is 1. The predicted molar refractivity (Wildman–Crippen MR) is 54.5 cm³/mol. The Balaban J connectivity index is 2.82. The fourth-order valence-electron chi connectivity index (χ4n) is 0.835. The van der Waals surface area contributed by atoms with Gasteiger partial charge in [-0.3, -0.25) is 9.94 Å². The van der Waals surface area contributed by atoms with E-state index < -0.39 is 15.6 Å². The molecule has 1 rings (SSSR count). The Morgan fingerprint density at radius 3 is 2.47 bits per heavy atom. The van der Waals surface area contributed by atoms with Crippen molar-refractivity contribution in [3.05, 3.63) is 11.9 Å². The lowest BCUT2D eigenvalue weighted by Gasteiger charge is -2.18. The topological polar surface area (TPSA) is 84.1 Å². The first-order valence-electron chi connectivity index (χ1n) is 4.42. The van der Waals surface area contributed by atoms with Gasteiger partial charge in [0, 0.05) is 0 Å². The molecule has 0 radical (unpaired) electrons. The van der Waals surface area contributed by atoms with Crippen LogP contribution in [-0.2, 0) is 14.9 Å². The Labute approximate surface area is 89.0 Å². The van der Waals surface area contributed by atoms with Crippen molar-refractivity contribution in [1.82, 2.24) is 15.1 Å². The molecule has 0 atom stereocenters. The van der Waals surface area contributed by atoms with Crippen LogP contribution in [0.15, 0.2) is 11.1 Å². The largest absolute Gasteiger partial charge is 0.281 e. The number of hydrogen-bond donors (Lipinski definition) is 2. The van der Waals surface area contributed by atoms with Crippen molar-refractivity contribution >= 4 is 10.0 Å². The lowest BCUT2D eigenvalue weighted by molar-refractivity contribution is -0.0357. The Hall–Kier alpha value is -0.920. The summed E-state index contributed by atoms with van der Waals surface area (Å²) in [6, 6.07) is 0. The molecule has 0 bridgehead atoms. The zero-order valence-corrected chi connectivity index (χ0v) is 9.97. The van der Waals surface area contributed by atoms with Crippen LogP contribution in [0.25, 0.3) is 0 Å². The number of nitrogens with one attached hydrogen (secondary N) is 2. The highest BCUT2D eigenvalue weighted by Gasteiger charge is 2.21. The molecule has 86 valence electrons. The minimum atomic E-state index is -3.65. The van der Waals surface area contributed by atoms with Gasteiger partial charge < -0.3 is 0 Å². The van der Waals surface area contributed by atoms with Crippen molar-refractivity contribution in [3.63, 3.8) is 0 Å². The van der Waals surface area contributed by atoms with Gasteiger partial charge in [-0.2, -0.15) is 5.10 Å². The zero-order valence-electron chi connectivity index (χ0n) is 9.16. The number of aromatic nitrogens is 2. The van der Waals surface area contributed by atoms with Gasteiger partial charge in [-0.1, -0.05) is 4.89 Å². The van der Waals surface area contributed by atoms with Crippen LogP contribution in [0.1, 0.15) is 26.5 Å². The molecule has 0 fully saturated rings. The molecular formula is C8H15N3O3S. The van der Waals surface area contributed by atoms with E-state index in [0.717, 1.165) is 0 Å². The number of aromatic amines is 1. The van der Waals surface area contributed by atoms with E-state index in [1.165, 1.54) is 6.20 Å². The van der Waals surface area contributed by atoms with Crippen LogP contribution in [0.2, 0.25) is 0 Å². The molecule has 0 aliphatic rings.